The Morgan fingerprint density at radius 1 is 1.14 bits per heavy atom. The first-order valence-corrected chi connectivity index (χ1v) is 6.82. The predicted octanol–water partition coefficient (Wildman–Crippen LogP) is 3.12. The van der Waals surface area contributed by atoms with Crippen molar-refractivity contribution >= 4 is 22.5 Å². The Hall–Kier alpha value is -2.95. The van der Waals surface area contributed by atoms with Crippen LogP contribution < -0.4 is 10.9 Å². The number of benzene rings is 2. The summed E-state index contributed by atoms with van der Waals surface area (Å²) in [4.78, 5) is 27.5. The van der Waals surface area contributed by atoms with Gasteiger partial charge in [-0.15, -0.1) is 0 Å². The zero-order valence-electron chi connectivity index (χ0n) is 12.2. The van der Waals surface area contributed by atoms with Gasteiger partial charge >= 0.3 is 5.63 Å². The van der Waals surface area contributed by atoms with E-state index in [0.717, 1.165) is 5.56 Å². The largest absolute Gasteiger partial charge is 0.403 e. The van der Waals surface area contributed by atoms with Gasteiger partial charge in [-0.05, 0) is 43.3 Å². The maximum atomic E-state index is 12.1. The molecular formula is C17H14N2O3. The van der Waals surface area contributed by atoms with Gasteiger partial charge < -0.3 is 9.73 Å². The van der Waals surface area contributed by atoms with Gasteiger partial charge in [0.2, 0.25) is 11.8 Å². The maximum Gasteiger partial charge on any atom is 0.347 e. The first-order valence-electron chi connectivity index (χ1n) is 6.82. The van der Waals surface area contributed by atoms with Gasteiger partial charge in [-0.1, -0.05) is 11.6 Å². The molecule has 5 nitrogen and oxygen atoms in total. The average molecular weight is 294 g/mol. The molecule has 0 saturated carbocycles. The number of aryl methyl sites for hydroxylation is 1. The van der Waals surface area contributed by atoms with Gasteiger partial charge in [0.15, 0.2) is 0 Å². The van der Waals surface area contributed by atoms with E-state index >= 15 is 0 Å². The zero-order chi connectivity index (χ0) is 15.7. The molecule has 110 valence electrons. The van der Waals surface area contributed by atoms with Crippen LogP contribution in [0.1, 0.15) is 12.5 Å². The second-order valence-corrected chi connectivity index (χ2v) is 5.09. The van der Waals surface area contributed by atoms with Crippen molar-refractivity contribution in [3.63, 3.8) is 0 Å². The molecule has 0 aliphatic heterocycles. The van der Waals surface area contributed by atoms with E-state index in [0.29, 0.717) is 22.2 Å². The highest BCUT2D eigenvalue weighted by Crippen LogP contribution is 2.21. The third kappa shape index (κ3) is 2.74. The van der Waals surface area contributed by atoms with Gasteiger partial charge in [-0.3, -0.25) is 4.79 Å². The van der Waals surface area contributed by atoms with E-state index in [1.165, 1.54) is 6.92 Å². The van der Waals surface area contributed by atoms with Crippen LogP contribution >= 0.6 is 0 Å². The van der Waals surface area contributed by atoms with Crippen LogP contribution in [-0.4, -0.2) is 10.9 Å². The lowest BCUT2D eigenvalue weighted by atomic mass is 10.1. The highest BCUT2D eigenvalue weighted by Gasteiger charge is 2.09. The minimum atomic E-state index is -0.408. The molecule has 0 radical (unpaired) electrons. The van der Waals surface area contributed by atoms with Crippen molar-refractivity contribution in [2.24, 2.45) is 0 Å². The summed E-state index contributed by atoms with van der Waals surface area (Å²) in [6, 6.07) is 12.4. The van der Waals surface area contributed by atoms with Gasteiger partial charge in [0.1, 0.15) is 0 Å². The molecule has 0 bridgehead atoms. The van der Waals surface area contributed by atoms with E-state index in [2.05, 4.69) is 10.3 Å². The van der Waals surface area contributed by atoms with Crippen molar-refractivity contribution < 1.29 is 9.21 Å². The molecule has 1 aromatic heterocycles. The summed E-state index contributed by atoms with van der Waals surface area (Å²) in [6.45, 7) is 3.35. The Morgan fingerprint density at radius 3 is 2.55 bits per heavy atom. The highest BCUT2D eigenvalue weighted by molar-refractivity contribution is 5.89. The van der Waals surface area contributed by atoms with Crippen LogP contribution in [0.4, 0.5) is 5.69 Å². The monoisotopic (exact) mass is 294 g/mol. The van der Waals surface area contributed by atoms with Crippen LogP contribution in [0.2, 0.25) is 0 Å². The molecular weight excluding hydrogens is 280 g/mol. The Kier molecular flexibility index (Phi) is 3.47. The maximum absolute atomic E-state index is 12.1. The lowest BCUT2D eigenvalue weighted by molar-refractivity contribution is -0.114. The fourth-order valence-corrected chi connectivity index (χ4v) is 2.21. The Balaban J connectivity index is 2.05. The standard InChI is InChI=1S/C17H14N2O3/c1-10-3-8-15-14(9-10)17(21)22-16(19-15)12-4-6-13(7-5-12)18-11(2)20/h3-9H,1-2H3,(H,18,20). The predicted molar refractivity (Wildman–Crippen MR) is 84.8 cm³/mol. The van der Waals surface area contributed by atoms with Gasteiger partial charge in [-0.25, -0.2) is 9.78 Å². The van der Waals surface area contributed by atoms with E-state index in [1.807, 2.05) is 13.0 Å². The second kappa shape index (κ2) is 5.44. The smallest absolute Gasteiger partial charge is 0.347 e. The molecule has 0 atom stereocenters. The van der Waals surface area contributed by atoms with Crippen LogP contribution in [0.5, 0.6) is 0 Å². The number of nitrogens with zero attached hydrogens (tertiary/aromatic N) is 1. The molecule has 0 unspecified atom stereocenters. The number of anilines is 1. The first kappa shape index (κ1) is 14.0. The minimum Gasteiger partial charge on any atom is -0.403 e. The van der Waals surface area contributed by atoms with Crippen LogP contribution in [-0.2, 0) is 4.79 Å². The molecule has 22 heavy (non-hydrogen) atoms. The molecule has 1 N–H and O–H groups in total. The molecule has 0 saturated heterocycles. The number of fused-ring (bicyclic) bond motifs is 1. The Bertz CT molecular complexity index is 911. The number of amides is 1. The van der Waals surface area contributed by atoms with Crippen LogP contribution in [0.15, 0.2) is 51.7 Å². The number of nitrogens with one attached hydrogen (secondary N) is 1. The van der Waals surface area contributed by atoms with Crippen LogP contribution in [0.25, 0.3) is 22.4 Å². The van der Waals surface area contributed by atoms with Crippen molar-refractivity contribution in [3.8, 4) is 11.5 Å². The zero-order valence-corrected chi connectivity index (χ0v) is 12.2. The topological polar surface area (TPSA) is 72.2 Å². The molecule has 3 rings (SSSR count). The molecule has 2 aromatic carbocycles. The van der Waals surface area contributed by atoms with Crippen molar-refractivity contribution in [1.82, 2.24) is 4.98 Å². The van der Waals surface area contributed by atoms with Gasteiger partial charge in [0, 0.05) is 18.2 Å². The van der Waals surface area contributed by atoms with Crippen molar-refractivity contribution in [3.05, 3.63) is 58.4 Å². The number of aromatic nitrogens is 1. The van der Waals surface area contributed by atoms with Crippen LogP contribution in [0.3, 0.4) is 0 Å². The Labute approximate surface area is 126 Å². The van der Waals surface area contributed by atoms with E-state index in [4.69, 9.17) is 4.42 Å². The third-order valence-electron chi connectivity index (χ3n) is 3.24. The Morgan fingerprint density at radius 2 is 1.86 bits per heavy atom. The fraction of sp³-hybridized carbons (Fsp3) is 0.118. The molecule has 1 amide bonds. The number of hydrogen-bond acceptors (Lipinski definition) is 4. The van der Waals surface area contributed by atoms with Crippen molar-refractivity contribution in [1.29, 1.82) is 0 Å². The SMILES string of the molecule is CC(=O)Nc1ccc(-c2nc3ccc(C)cc3c(=O)o2)cc1. The van der Waals surface area contributed by atoms with Gasteiger partial charge in [-0.2, -0.15) is 0 Å². The summed E-state index contributed by atoms with van der Waals surface area (Å²) >= 11 is 0. The fourth-order valence-electron chi connectivity index (χ4n) is 2.21. The molecule has 0 fully saturated rings. The van der Waals surface area contributed by atoms with E-state index in [9.17, 15) is 9.59 Å². The minimum absolute atomic E-state index is 0.140. The lowest BCUT2D eigenvalue weighted by Crippen LogP contribution is -2.05. The quantitative estimate of drug-likeness (QED) is 0.788. The number of carbonyl (C=O) groups excluding carboxylic acids is 1. The second-order valence-electron chi connectivity index (χ2n) is 5.09. The molecule has 3 aromatic rings. The molecule has 0 spiro atoms. The summed E-state index contributed by atoms with van der Waals surface area (Å²) in [5, 5.41) is 3.15. The third-order valence-corrected chi connectivity index (χ3v) is 3.24. The molecule has 1 heterocycles. The van der Waals surface area contributed by atoms with Gasteiger partial charge in [0.25, 0.3) is 0 Å². The van der Waals surface area contributed by atoms with Gasteiger partial charge in [0.05, 0.1) is 10.9 Å². The van der Waals surface area contributed by atoms with Crippen LogP contribution in [0, 0.1) is 6.92 Å². The summed E-state index contributed by atoms with van der Waals surface area (Å²) in [6.07, 6.45) is 0. The summed E-state index contributed by atoms with van der Waals surface area (Å²) in [5.74, 6) is 0.120. The summed E-state index contributed by atoms with van der Waals surface area (Å²) in [5.41, 5.74) is 2.52. The average Bonchev–Trinajstić information content (AvgIpc) is 2.48. The first-order chi connectivity index (χ1) is 10.5. The number of hydrogen-bond donors (Lipinski definition) is 1. The van der Waals surface area contributed by atoms with E-state index in [1.54, 1.807) is 36.4 Å². The molecule has 0 aliphatic rings. The van der Waals surface area contributed by atoms with Crippen molar-refractivity contribution in [2.45, 2.75) is 13.8 Å². The lowest BCUT2D eigenvalue weighted by Gasteiger charge is -2.04. The van der Waals surface area contributed by atoms with E-state index < -0.39 is 5.63 Å². The summed E-state index contributed by atoms with van der Waals surface area (Å²) < 4.78 is 5.30. The summed E-state index contributed by atoms with van der Waals surface area (Å²) in [7, 11) is 0. The van der Waals surface area contributed by atoms with E-state index in [-0.39, 0.29) is 11.8 Å². The van der Waals surface area contributed by atoms with Crippen molar-refractivity contribution in [2.75, 3.05) is 5.32 Å². The molecule has 0 aliphatic carbocycles. The molecule has 5 heteroatoms. The number of carbonyl (C=O) groups is 1. The normalized spacial score (nSPS) is 10.6. The highest BCUT2D eigenvalue weighted by atomic mass is 16.4. The number of rotatable bonds is 2.